The molecule has 0 saturated carbocycles. The van der Waals surface area contributed by atoms with Crippen LogP contribution in [0.4, 0.5) is 17.3 Å². The predicted molar refractivity (Wildman–Crippen MR) is 144 cm³/mol. The number of hydrogen-bond donors (Lipinski definition) is 3. The number of carbonyl (C=O) groups excluding carboxylic acids is 1. The second-order valence-electron chi connectivity index (χ2n) is 9.25. The summed E-state index contributed by atoms with van der Waals surface area (Å²) in [6.07, 6.45) is 5.76. The summed E-state index contributed by atoms with van der Waals surface area (Å²) < 4.78 is 0. The summed E-state index contributed by atoms with van der Waals surface area (Å²) in [7, 11) is 0. The number of hydrogen-bond acceptors (Lipinski definition) is 8. The fourth-order valence-corrected chi connectivity index (χ4v) is 4.38. The number of aromatic nitrogens is 5. The van der Waals surface area contributed by atoms with Gasteiger partial charge in [0, 0.05) is 36.1 Å². The van der Waals surface area contributed by atoms with Crippen molar-refractivity contribution in [2.24, 2.45) is 5.92 Å². The van der Waals surface area contributed by atoms with E-state index in [-0.39, 0.29) is 11.8 Å². The third kappa shape index (κ3) is 6.31. The molecule has 1 aliphatic heterocycles. The van der Waals surface area contributed by atoms with E-state index in [1.54, 1.807) is 24.5 Å². The summed E-state index contributed by atoms with van der Waals surface area (Å²) in [5, 5.41) is 9.65. The van der Waals surface area contributed by atoms with Gasteiger partial charge in [0.25, 0.3) is 0 Å². The van der Waals surface area contributed by atoms with Crippen molar-refractivity contribution in [1.82, 2.24) is 30.2 Å². The van der Waals surface area contributed by atoms with Crippen LogP contribution in [0.2, 0.25) is 0 Å². The van der Waals surface area contributed by atoms with Crippen molar-refractivity contribution in [2.75, 3.05) is 23.7 Å². The lowest BCUT2D eigenvalue weighted by molar-refractivity contribution is -0.120. The lowest BCUT2D eigenvalue weighted by Gasteiger charge is -2.22. The molecular formula is C28H30N8O. The normalized spacial score (nSPS) is 13.8. The Bertz CT molecular complexity index is 1400. The van der Waals surface area contributed by atoms with E-state index in [2.05, 4.69) is 46.9 Å². The number of nitrogens with one attached hydrogen (secondary N) is 3. The molecule has 1 amide bonds. The fraction of sp³-hybridized carbons (Fsp3) is 0.286. The number of piperidine rings is 1. The Labute approximate surface area is 216 Å². The molecule has 9 heteroatoms. The number of nitrogens with zero attached hydrogens (tertiary/aromatic N) is 5. The van der Waals surface area contributed by atoms with E-state index >= 15 is 0 Å². The predicted octanol–water partition coefficient (Wildman–Crippen LogP) is 4.22. The highest BCUT2D eigenvalue weighted by Gasteiger charge is 2.21. The van der Waals surface area contributed by atoms with Crippen LogP contribution in [0.5, 0.6) is 0 Å². The van der Waals surface area contributed by atoms with Crippen LogP contribution in [-0.2, 0) is 11.2 Å². The van der Waals surface area contributed by atoms with Crippen molar-refractivity contribution in [1.29, 1.82) is 0 Å². The Kier molecular flexibility index (Phi) is 7.41. The number of benzene rings is 1. The minimum atomic E-state index is 0.0722. The zero-order chi connectivity index (χ0) is 25.6. The van der Waals surface area contributed by atoms with E-state index in [1.807, 2.05) is 44.2 Å². The third-order valence-corrected chi connectivity index (χ3v) is 6.36. The van der Waals surface area contributed by atoms with E-state index in [9.17, 15) is 4.79 Å². The lowest BCUT2D eigenvalue weighted by Crippen LogP contribution is -2.34. The SMILES string of the molecule is Cc1cccc(-c2nccc(Nc3ccnc(Cc4ccc(NC(=O)C5CCNCC5)c(C)c4)n3)n2)n1. The molecule has 1 fully saturated rings. The molecule has 0 bridgehead atoms. The summed E-state index contributed by atoms with van der Waals surface area (Å²) in [5.41, 5.74) is 4.58. The summed E-state index contributed by atoms with van der Waals surface area (Å²) in [4.78, 5) is 35.2. The monoisotopic (exact) mass is 494 g/mol. The summed E-state index contributed by atoms with van der Waals surface area (Å²) in [6, 6.07) is 15.4. The minimum absolute atomic E-state index is 0.0722. The molecular weight excluding hydrogens is 464 g/mol. The van der Waals surface area contributed by atoms with Crippen LogP contribution >= 0.6 is 0 Å². The molecule has 4 heterocycles. The van der Waals surface area contributed by atoms with Gasteiger partial charge in [0.2, 0.25) is 5.91 Å². The lowest BCUT2D eigenvalue weighted by atomic mass is 9.97. The van der Waals surface area contributed by atoms with Gasteiger partial charge >= 0.3 is 0 Å². The highest BCUT2D eigenvalue weighted by atomic mass is 16.1. The van der Waals surface area contributed by atoms with Crippen LogP contribution in [0.15, 0.2) is 60.9 Å². The van der Waals surface area contributed by atoms with Crippen molar-refractivity contribution in [3.63, 3.8) is 0 Å². The number of anilines is 3. The topological polar surface area (TPSA) is 118 Å². The quantitative estimate of drug-likeness (QED) is 0.350. The molecule has 1 saturated heterocycles. The average molecular weight is 495 g/mol. The van der Waals surface area contributed by atoms with E-state index in [1.165, 1.54) is 0 Å². The largest absolute Gasteiger partial charge is 0.326 e. The first kappa shape index (κ1) is 24.5. The average Bonchev–Trinajstić information content (AvgIpc) is 2.91. The van der Waals surface area contributed by atoms with Crippen molar-refractivity contribution in [3.8, 4) is 11.5 Å². The highest BCUT2D eigenvalue weighted by Crippen LogP contribution is 2.22. The van der Waals surface area contributed by atoms with Crippen LogP contribution in [0.3, 0.4) is 0 Å². The first-order valence-corrected chi connectivity index (χ1v) is 12.5. The molecule has 0 unspecified atom stereocenters. The third-order valence-electron chi connectivity index (χ3n) is 6.36. The maximum atomic E-state index is 12.6. The Morgan fingerprint density at radius 1 is 0.946 bits per heavy atom. The van der Waals surface area contributed by atoms with Gasteiger partial charge in [-0.1, -0.05) is 18.2 Å². The standard InChI is InChI=1S/C28H30N8O/c1-18-16-20(6-7-22(18)33-28(37)21-8-12-29-13-9-21)17-26-30-14-10-24(35-26)34-25-11-15-31-27(36-25)23-5-3-4-19(2)32-23/h3-7,10-11,14-16,21,29H,8-9,12-13,17H2,1-2H3,(H,33,37)(H,30,31,34,35,36). The van der Waals surface area contributed by atoms with Crippen molar-refractivity contribution in [3.05, 3.63) is 83.6 Å². The van der Waals surface area contributed by atoms with Gasteiger partial charge in [-0.15, -0.1) is 0 Å². The number of pyridine rings is 1. The van der Waals surface area contributed by atoms with Crippen molar-refractivity contribution in [2.45, 2.75) is 33.1 Å². The van der Waals surface area contributed by atoms with Gasteiger partial charge in [0.05, 0.1) is 0 Å². The molecule has 3 aromatic heterocycles. The minimum Gasteiger partial charge on any atom is -0.326 e. The Morgan fingerprint density at radius 3 is 2.51 bits per heavy atom. The molecule has 188 valence electrons. The number of amides is 1. The summed E-state index contributed by atoms with van der Waals surface area (Å²) >= 11 is 0. The van der Waals surface area contributed by atoms with Crippen LogP contribution in [0.1, 0.15) is 35.5 Å². The molecule has 3 N–H and O–H groups in total. The number of rotatable bonds is 7. The molecule has 5 rings (SSSR count). The maximum Gasteiger partial charge on any atom is 0.227 e. The molecule has 9 nitrogen and oxygen atoms in total. The van der Waals surface area contributed by atoms with E-state index in [0.717, 1.165) is 54.1 Å². The maximum absolute atomic E-state index is 12.6. The molecule has 0 spiro atoms. The Morgan fingerprint density at radius 2 is 1.73 bits per heavy atom. The highest BCUT2D eigenvalue weighted by molar-refractivity contribution is 5.93. The van der Waals surface area contributed by atoms with Crippen LogP contribution in [0.25, 0.3) is 11.5 Å². The van der Waals surface area contributed by atoms with Gasteiger partial charge in [-0.3, -0.25) is 4.79 Å². The summed E-state index contributed by atoms with van der Waals surface area (Å²) in [5.74, 6) is 2.68. The van der Waals surface area contributed by atoms with Crippen LogP contribution in [-0.4, -0.2) is 43.9 Å². The van der Waals surface area contributed by atoms with E-state index in [4.69, 9.17) is 0 Å². The van der Waals surface area contributed by atoms with Crippen molar-refractivity contribution < 1.29 is 4.79 Å². The van der Waals surface area contributed by atoms with Gasteiger partial charge in [0.1, 0.15) is 23.2 Å². The van der Waals surface area contributed by atoms with Gasteiger partial charge in [-0.05, 0) is 81.2 Å². The molecule has 0 atom stereocenters. The Hall–Kier alpha value is -4.24. The van der Waals surface area contributed by atoms with Crippen molar-refractivity contribution >= 4 is 23.2 Å². The van der Waals surface area contributed by atoms with Gasteiger partial charge in [-0.25, -0.2) is 24.9 Å². The van der Waals surface area contributed by atoms with Gasteiger partial charge < -0.3 is 16.0 Å². The number of carbonyl (C=O) groups is 1. The Balaban J connectivity index is 1.25. The zero-order valence-electron chi connectivity index (χ0n) is 21.0. The number of aryl methyl sites for hydroxylation is 2. The first-order valence-electron chi connectivity index (χ1n) is 12.5. The van der Waals surface area contributed by atoms with Gasteiger partial charge in [-0.2, -0.15) is 0 Å². The van der Waals surface area contributed by atoms with Crippen LogP contribution in [0, 0.1) is 19.8 Å². The van der Waals surface area contributed by atoms with E-state index < -0.39 is 0 Å². The summed E-state index contributed by atoms with van der Waals surface area (Å²) in [6.45, 7) is 5.74. The second-order valence-corrected chi connectivity index (χ2v) is 9.25. The smallest absolute Gasteiger partial charge is 0.227 e. The first-order chi connectivity index (χ1) is 18.0. The molecule has 0 radical (unpaired) electrons. The molecule has 4 aromatic rings. The molecule has 0 aliphatic carbocycles. The van der Waals surface area contributed by atoms with E-state index in [0.29, 0.717) is 29.7 Å². The fourth-order valence-electron chi connectivity index (χ4n) is 4.38. The van der Waals surface area contributed by atoms with Crippen LogP contribution < -0.4 is 16.0 Å². The van der Waals surface area contributed by atoms with Gasteiger partial charge in [0.15, 0.2) is 5.82 Å². The molecule has 1 aliphatic rings. The molecule has 1 aromatic carbocycles. The second kappa shape index (κ2) is 11.2. The zero-order valence-corrected chi connectivity index (χ0v) is 21.0. The molecule has 37 heavy (non-hydrogen) atoms.